The summed E-state index contributed by atoms with van der Waals surface area (Å²) in [7, 11) is 1.37. The Hall–Kier alpha value is -1.26. The zero-order valence-corrected chi connectivity index (χ0v) is 12.8. The average Bonchev–Trinajstić information content (AvgIpc) is 2.42. The highest BCUT2D eigenvalue weighted by molar-refractivity contribution is 6.36. The summed E-state index contributed by atoms with van der Waals surface area (Å²) in [6.45, 7) is 0.541. The predicted molar refractivity (Wildman–Crippen MR) is 79.3 cm³/mol. The number of rotatable bonds is 7. The summed E-state index contributed by atoms with van der Waals surface area (Å²) in [5, 5.41) is 3.61. The van der Waals surface area contributed by atoms with Crippen LogP contribution in [0.25, 0.3) is 0 Å². The van der Waals surface area contributed by atoms with Crippen LogP contribution in [0.2, 0.25) is 10.0 Å². The van der Waals surface area contributed by atoms with E-state index in [1.807, 2.05) is 0 Å². The maximum atomic E-state index is 11.9. The van der Waals surface area contributed by atoms with Gasteiger partial charge in [0.25, 0.3) is 5.91 Å². The molecule has 0 atom stereocenters. The van der Waals surface area contributed by atoms with E-state index >= 15 is 0 Å². The van der Waals surface area contributed by atoms with Crippen molar-refractivity contribution in [3.63, 3.8) is 0 Å². The van der Waals surface area contributed by atoms with Crippen LogP contribution >= 0.6 is 23.2 Å². The number of ether oxygens (including phenoxy) is 1. The summed E-state index contributed by atoms with van der Waals surface area (Å²) in [4.78, 5) is 22.7. The molecule has 0 spiro atoms. The highest BCUT2D eigenvalue weighted by atomic mass is 35.5. The summed E-state index contributed by atoms with van der Waals surface area (Å²) >= 11 is 11.7. The molecule has 0 saturated heterocycles. The van der Waals surface area contributed by atoms with Crippen molar-refractivity contribution in [1.29, 1.82) is 0 Å². The normalized spacial score (nSPS) is 10.2. The minimum absolute atomic E-state index is 0.206. The number of hydrogen-bond acceptors (Lipinski definition) is 3. The lowest BCUT2D eigenvalue weighted by Crippen LogP contribution is -2.24. The summed E-state index contributed by atoms with van der Waals surface area (Å²) in [6, 6.07) is 4.75. The molecule has 1 N–H and O–H groups in total. The first kappa shape index (κ1) is 16.8. The molecule has 0 fully saturated rings. The van der Waals surface area contributed by atoms with E-state index in [0.717, 1.165) is 19.3 Å². The molecule has 110 valence electrons. The third kappa shape index (κ3) is 5.80. The maximum Gasteiger partial charge on any atom is 0.305 e. The highest BCUT2D eigenvalue weighted by Gasteiger charge is 2.09. The number of unbranched alkanes of at least 4 members (excludes halogenated alkanes) is 2. The highest BCUT2D eigenvalue weighted by Crippen LogP contribution is 2.20. The Morgan fingerprint density at radius 2 is 1.95 bits per heavy atom. The number of hydrogen-bond donors (Lipinski definition) is 1. The second-order valence-corrected chi connectivity index (χ2v) is 5.11. The van der Waals surface area contributed by atoms with Crippen LogP contribution in [0.4, 0.5) is 0 Å². The second-order valence-electron chi connectivity index (χ2n) is 4.27. The number of amides is 1. The van der Waals surface area contributed by atoms with Crippen molar-refractivity contribution < 1.29 is 14.3 Å². The fourth-order valence-electron chi connectivity index (χ4n) is 1.64. The van der Waals surface area contributed by atoms with E-state index < -0.39 is 0 Å². The predicted octanol–water partition coefficient (Wildman–Crippen LogP) is 3.46. The van der Waals surface area contributed by atoms with E-state index in [2.05, 4.69) is 10.1 Å². The van der Waals surface area contributed by atoms with Gasteiger partial charge in [0, 0.05) is 18.0 Å². The summed E-state index contributed by atoms with van der Waals surface area (Å²) in [6.07, 6.45) is 2.81. The Morgan fingerprint density at radius 1 is 1.20 bits per heavy atom. The first-order chi connectivity index (χ1) is 9.54. The van der Waals surface area contributed by atoms with Crippen molar-refractivity contribution in [2.45, 2.75) is 25.7 Å². The molecule has 0 bridgehead atoms. The van der Waals surface area contributed by atoms with Crippen LogP contribution in [0.1, 0.15) is 36.0 Å². The van der Waals surface area contributed by atoms with Gasteiger partial charge in [-0.2, -0.15) is 0 Å². The molecule has 1 amide bonds. The van der Waals surface area contributed by atoms with Gasteiger partial charge < -0.3 is 10.1 Å². The smallest absolute Gasteiger partial charge is 0.305 e. The van der Waals surface area contributed by atoms with E-state index in [0.29, 0.717) is 28.6 Å². The third-order valence-corrected chi connectivity index (χ3v) is 3.29. The Labute approximate surface area is 128 Å². The van der Waals surface area contributed by atoms with Crippen LogP contribution in [0.15, 0.2) is 18.2 Å². The van der Waals surface area contributed by atoms with Gasteiger partial charge in [0.15, 0.2) is 0 Å². The first-order valence-electron chi connectivity index (χ1n) is 6.34. The molecule has 1 aromatic carbocycles. The van der Waals surface area contributed by atoms with Gasteiger partial charge in [-0.1, -0.05) is 29.6 Å². The van der Waals surface area contributed by atoms with Crippen LogP contribution in [-0.2, 0) is 9.53 Å². The fourth-order valence-corrected chi connectivity index (χ4v) is 2.14. The van der Waals surface area contributed by atoms with E-state index in [1.54, 1.807) is 12.1 Å². The Morgan fingerprint density at radius 3 is 2.60 bits per heavy atom. The average molecular weight is 318 g/mol. The Balaban J connectivity index is 2.25. The minimum Gasteiger partial charge on any atom is -0.469 e. The van der Waals surface area contributed by atoms with Gasteiger partial charge in [-0.15, -0.1) is 0 Å². The van der Waals surface area contributed by atoms with Crippen molar-refractivity contribution in [1.82, 2.24) is 5.32 Å². The minimum atomic E-state index is -0.223. The van der Waals surface area contributed by atoms with Crippen LogP contribution in [0, 0.1) is 0 Å². The molecular formula is C14H17Cl2NO3. The lowest BCUT2D eigenvalue weighted by molar-refractivity contribution is -0.140. The van der Waals surface area contributed by atoms with Gasteiger partial charge in [-0.3, -0.25) is 9.59 Å². The third-order valence-electron chi connectivity index (χ3n) is 2.75. The Bertz CT molecular complexity index is 477. The Kier molecular flexibility index (Phi) is 7.41. The molecule has 4 nitrogen and oxygen atoms in total. The number of esters is 1. The van der Waals surface area contributed by atoms with Crippen LogP contribution in [0.3, 0.4) is 0 Å². The fraction of sp³-hybridized carbons (Fsp3) is 0.429. The lowest BCUT2D eigenvalue weighted by atomic mass is 10.2. The van der Waals surface area contributed by atoms with Crippen molar-refractivity contribution in [2.24, 2.45) is 0 Å². The van der Waals surface area contributed by atoms with E-state index in [1.165, 1.54) is 13.2 Å². The first-order valence-corrected chi connectivity index (χ1v) is 7.10. The van der Waals surface area contributed by atoms with Gasteiger partial charge in [0.05, 0.1) is 17.7 Å². The van der Waals surface area contributed by atoms with Gasteiger partial charge in [-0.05, 0) is 31.0 Å². The van der Waals surface area contributed by atoms with Crippen LogP contribution < -0.4 is 5.32 Å². The van der Waals surface area contributed by atoms with Gasteiger partial charge >= 0.3 is 5.97 Å². The number of benzene rings is 1. The molecule has 0 aromatic heterocycles. The van der Waals surface area contributed by atoms with Crippen LogP contribution in [-0.4, -0.2) is 25.5 Å². The molecule has 0 radical (unpaired) electrons. The van der Waals surface area contributed by atoms with Crippen molar-refractivity contribution >= 4 is 35.1 Å². The second kappa shape index (κ2) is 8.82. The number of carbonyl (C=O) groups excluding carboxylic acids is 2. The van der Waals surface area contributed by atoms with Crippen molar-refractivity contribution in [2.75, 3.05) is 13.7 Å². The SMILES string of the molecule is COC(=O)CCCCCNC(=O)c1ccc(Cl)cc1Cl. The number of methoxy groups -OCH3 is 1. The molecule has 0 aliphatic carbocycles. The molecule has 20 heavy (non-hydrogen) atoms. The zero-order chi connectivity index (χ0) is 15.0. The molecular weight excluding hydrogens is 301 g/mol. The van der Waals surface area contributed by atoms with Crippen LogP contribution in [0.5, 0.6) is 0 Å². The molecule has 1 rings (SSSR count). The molecule has 6 heteroatoms. The molecule has 0 saturated carbocycles. The standard InChI is InChI=1S/C14H17Cl2NO3/c1-20-13(18)5-3-2-4-8-17-14(19)11-7-6-10(15)9-12(11)16/h6-7,9H,2-5,8H2,1H3,(H,17,19). The van der Waals surface area contributed by atoms with Gasteiger partial charge in [-0.25, -0.2) is 0 Å². The number of carbonyl (C=O) groups is 2. The van der Waals surface area contributed by atoms with Crippen molar-refractivity contribution in [3.05, 3.63) is 33.8 Å². The van der Waals surface area contributed by atoms with E-state index in [9.17, 15) is 9.59 Å². The summed E-state index contributed by atoms with van der Waals surface area (Å²) in [5.74, 6) is -0.429. The maximum absolute atomic E-state index is 11.9. The molecule has 0 aliphatic heterocycles. The molecule has 0 unspecified atom stereocenters. The summed E-state index contributed by atoms with van der Waals surface area (Å²) < 4.78 is 4.54. The summed E-state index contributed by atoms with van der Waals surface area (Å²) in [5.41, 5.74) is 0.408. The topological polar surface area (TPSA) is 55.4 Å². The lowest BCUT2D eigenvalue weighted by Gasteiger charge is -2.07. The molecule has 1 aromatic rings. The monoisotopic (exact) mass is 317 g/mol. The van der Waals surface area contributed by atoms with Gasteiger partial charge in [0.2, 0.25) is 0 Å². The van der Waals surface area contributed by atoms with Crippen molar-refractivity contribution in [3.8, 4) is 0 Å². The zero-order valence-electron chi connectivity index (χ0n) is 11.2. The van der Waals surface area contributed by atoms with E-state index in [4.69, 9.17) is 23.2 Å². The van der Waals surface area contributed by atoms with Gasteiger partial charge in [0.1, 0.15) is 0 Å². The number of nitrogens with one attached hydrogen (secondary N) is 1. The molecule has 0 aliphatic rings. The number of halogens is 2. The largest absolute Gasteiger partial charge is 0.469 e. The molecule has 0 heterocycles. The quantitative estimate of drug-likeness (QED) is 0.619. The van der Waals surface area contributed by atoms with E-state index in [-0.39, 0.29) is 11.9 Å².